The molecular formula is C10H9ClOS2. The van der Waals surface area contributed by atoms with Crippen LogP contribution in [-0.4, -0.2) is 13.4 Å². The standard InChI is InChI=1S/C10H9ClOS2/c1-12-8-6-4-3-5-7(13-2)9(6)14-10(8)11/h3-5H,1-2H3. The molecule has 0 saturated carbocycles. The van der Waals surface area contributed by atoms with Gasteiger partial charge in [-0.2, -0.15) is 0 Å². The molecule has 0 saturated heterocycles. The van der Waals surface area contributed by atoms with Crippen molar-refractivity contribution in [2.45, 2.75) is 4.90 Å². The predicted molar refractivity (Wildman–Crippen MR) is 65.2 cm³/mol. The number of methoxy groups -OCH3 is 1. The van der Waals surface area contributed by atoms with Gasteiger partial charge in [-0.05, 0) is 18.4 Å². The minimum atomic E-state index is 0.726. The molecule has 0 aliphatic rings. The Hall–Kier alpha value is -0.380. The summed E-state index contributed by atoms with van der Waals surface area (Å²) in [4.78, 5) is 1.25. The van der Waals surface area contributed by atoms with Gasteiger partial charge in [-0.1, -0.05) is 17.7 Å². The van der Waals surface area contributed by atoms with Gasteiger partial charge in [0.2, 0.25) is 0 Å². The zero-order chi connectivity index (χ0) is 10.1. The summed E-state index contributed by atoms with van der Waals surface area (Å²) in [5.74, 6) is 0.794. The van der Waals surface area contributed by atoms with Crippen molar-refractivity contribution in [3.63, 3.8) is 0 Å². The third-order valence-electron chi connectivity index (χ3n) is 2.02. The Morgan fingerprint density at radius 2 is 2.21 bits per heavy atom. The first-order valence-corrected chi connectivity index (χ1v) is 6.49. The summed E-state index contributed by atoms with van der Waals surface area (Å²) in [5, 5.41) is 1.11. The van der Waals surface area contributed by atoms with Crippen LogP contribution in [0.1, 0.15) is 0 Å². The molecule has 0 N–H and O–H groups in total. The van der Waals surface area contributed by atoms with Crippen LogP contribution in [-0.2, 0) is 0 Å². The van der Waals surface area contributed by atoms with Crippen molar-refractivity contribution in [1.82, 2.24) is 0 Å². The molecule has 2 aromatic rings. The van der Waals surface area contributed by atoms with Gasteiger partial charge in [-0.3, -0.25) is 0 Å². The third-order valence-corrected chi connectivity index (χ3v) is 4.34. The maximum absolute atomic E-state index is 6.08. The Labute approximate surface area is 96.0 Å². The first-order valence-electron chi connectivity index (χ1n) is 4.07. The van der Waals surface area contributed by atoms with Crippen LogP contribution in [0, 0.1) is 0 Å². The second-order valence-electron chi connectivity index (χ2n) is 2.75. The number of rotatable bonds is 2. The molecule has 4 heteroatoms. The van der Waals surface area contributed by atoms with Crippen LogP contribution in [0.4, 0.5) is 0 Å². The molecule has 2 rings (SSSR count). The molecule has 0 bridgehead atoms. The highest BCUT2D eigenvalue weighted by Crippen LogP contribution is 2.44. The molecule has 0 spiro atoms. The fraction of sp³-hybridized carbons (Fsp3) is 0.200. The van der Waals surface area contributed by atoms with Gasteiger partial charge >= 0.3 is 0 Å². The van der Waals surface area contributed by atoms with E-state index >= 15 is 0 Å². The molecule has 0 amide bonds. The van der Waals surface area contributed by atoms with Gasteiger partial charge in [0.15, 0.2) is 5.75 Å². The molecule has 1 aromatic carbocycles. The average Bonchev–Trinajstić information content (AvgIpc) is 2.52. The number of benzene rings is 1. The summed E-state index contributed by atoms with van der Waals surface area (Å²) < 4.78 is 7.20. The quantitative estimate of drug-likeness (QED) is 0.729. The zero-order valence-corrected chi connectivity index (χ0v) is 10.2. The van der Waals surface area contributed by atoms with Crippen molar-refractivity contribution in [2.75, 3.05) is 13.4 Å². The van der Waals surface area contributed by atoms with E-state index in [9.17, 15) is 0 Å². The summed E-state index contributed by atoms with van der Waals surface area (Å²) in [7, 11) is 1.65. The lowest BCUT2D eigenvalue weighted by molar-refractivity contribution is 0.421. The third kappa shape index (κ3) is 1.49. The number of hydrogen-bond donors (Lipinski definition) is 0. The van der Waals surface area contributed by atoms with Gasteiger partial charge in [0.25, 0.3) is 0 Å². The van der Waals surface area contributed by atoms with Crippen LogP contribution in [0.15, 0.2) is 23.1 Å². The molecule has 0 aliphatic heterocycles. The lowest BCUT2D eigenvalue weighted by Crippen LogP contribution is -1.80. The topological polar surface area (TPSA) is 9.23 Å². The van der Waals surface area contributed by atoms with E-state index in [1.54, 1.807) is 30.2 Å². The van der Waals surface area contributed by atoms with Gasteiger partial charge in [0.1, 0.15) is 4.34 Å². The first-order chi connectivity index (χ1) is 6.77. The van der Waals surface area contributed by atoms with Gasteiger partial charge in [-0.25, -0.2) is 0 Å². The Bertz CT molecular complexity index is 464. The average molecular weight is 245 g/mol. The van der Waals surface area contributed by atoms with Crippen molar-refractivity contribution in [3.05, 3.63) is 22.5 Å². The molecule has 0 atom stereocenters. The highest BCUT2D eigenvalue weighted by Gasteiger charge is 2.12. The molecule has 14 heavy (non-hydrogen) atoms. The van der Waals surface area contributed by atoms with Crippen LogP contribution in [0.25, 0.3) is 10.1 Å². The molecule has 0 fully saturated rings. The normalized spacial score (nSPS) is 10.8. The second-order valence-corrected chi connectivity index (χ2v) is 5.22. The van der Waals surface area contributed by atoms with Crippen molar-refractivity contribution in [1.29, 1.82) is 0 Å². The van der Waals surface area contributed by atoms with E-state index < -0.39 is 0 Å². The van der Waals surface area contributed by atoms with Crippen LogP contribution in [0.2, 0.25) is 4.34 Å². The van der Waals surface area contributed by atoms with Gasteiger partial charge in [-0.15, -0.1) is 23.1 Å². The van der Waals surface area contributed by atoms with E-state index in [1.807, 2.05) is 12.1 Å². The van der Waals surface area contributed by atoms with Crippen LogP contribution >= 0.6 is 34.7 Å². The van der Waals surface area contributed by atoms with Crippen molar-refractivity contribution in [2.24, 2.45) is 0 Å². The minimum absolute atomic E-state index is 0.726. The van der Waals surface area contributed by atoms with Crippen LogP contribution in [0.3, 0.4) is 0 Å². The van der Waals surface area contributed by atoms with E-state index in [0.29, 0.717) is 0 Å². The fourth-order valence-corrected chi connectivity index (χ4v) is 3.59. The smallest absolute Gasteiger partial charge is 0.156 e. The Morgan fingerprint density at radius 1 is 1.43 bits per heavy atom. The highest BCUT2D eigenvalue weighted by atomic mass is 35.5. The van der Waals surface area contributed by atoms with Gasteiger partial charge in [0, 0.05) is 10.3 Å². The molecule has 1 heterocycles. The van der Waals surface area contributed by atoms with Gasteiger partial charge in [0.05, 0.1) is 11.8 Å². The predicted octanol–water partition coefficient (Wildman–Crippen LogP) is 4.29. The molecule has 1 aromatic heterocycles. The molecule has 0 unspecified atom stereocenters. The van der Waals surface area contributed by atoms with Crippen LogP contribution in [0.5, 0.6) is 5.75 Å². The number of fused-ring (bicyclic) bond motifs is 1. The summed E-state index contributed by atoms with van der Waals surface area (Å²) in [5.41, 5.74) is 0. The van der Waals surface area contributed by atoms with E-state index in [0.717, 1.165) is 15.5 Å². The molecule has 74 valence electrons. The molecule has 0 aliphatic carbocycles. The Morgan fingerprint density at radius 3 is 2.86 bits per heavy atom. The summed E-state index contributed by atoms with van der Waals surface area (Å²) in [6.45, 7) is 0. The largest absolute Gasteiger partial charge is 0.494 e. The number of ether oxygens (including phenoxy) is 1. The maximum Gasteiger partial charge on any atom is 0.156 e. The van der Waals surface area contributed by atoms with Crippen molar-refractivity contribution >= 4 is 44.8 Å². The minimum Gasteiger partial charge on any atom is -0.494 e. The molecule has 1 nitrogen and oxygen atoms in total. The highest BCUT2D eigenvalue weighted by molar-refractivity contribution is 7.99. The summed E-state index contributed by atoms with van der Waals surface area (Å²) >= 11 is 9.38. The van der Waals surface area contributed by atoms with E-state index in [4.69, 9.17) is 16.3 Å². The number of halogens is 1. The molecule has 0 radical (unpaired) electrons. The Kier molecular flexibility index (Phi) is 2.91. The van der Waals surface area contributed by atoms with E-state index in [2.05, 4.69) is 12.3 Å². The van der Waals surface area contributed by atoms with E-state index in [1.165, 1.54) is 9.60 Å². The SMILES string of the molecule is COc1c(Cl)sc2c(SC)cccc12. The van der Waals surface area contributed by atoms with Crippen molar-refractivity contribution < 1.29 is 4.74 Å². The summed E-state index contributed by atoms with van der Waals surface area (Å²) in [6, 6.07) is 6.16. The maximum atomic E-state index is 6.08. The Balaban J connectivity index is 2.79. The van der Waals surface area contributed by atoms with E-state index in [-0.39, 0.29) is 0 Å². The van der Waals surface area contributed by atoms with Crippen LogP contribution < -0.4 is 4.74 Å². The monoisotopic (exact) mass is 244 g/mol. The van der Waals surface area contributed by atoms with Crippen molar-refractivity contribution in [3.8, 4) is 5.75 Å². The number of hydrogen-bond acceptors (Lipinski definition) is 3. The summed E-state index contributed by atoms with van der Waals surface area (Å²) in [6.07, 6.45) is 2.06. The lowest BCUT2D eigenvalue weighted by Gasteiger charge is -1.99. The second kappa shape index (κ2) is 4.01. The lowest BCUT2D eigenvalue weighted by atomic mass is 10.2. The number of thioether (sulfide) groups is 1. The first kappa shape index (κ1) is 10.1. The fourth-order valence-electron chi connectivity index (χ4n) is 1.39. The molecular weight excluding hydrogens is 236 g/mol. The van der Waals surface area contributed by atoms with Gasteiger partial charge < -0.3 is 4.74 Å². The number of thiophene rings is 1. The zero-order valence-electron chi connectivity index (χ0n) is 7.83.